The number of amides is 1. The van der Waals surface area contributed by atoms with Gasteiger partial charge in [-0.3, -0.25) is 4.79 Å². The van der Waals surface area contributed by atoms with Gasteiger partial charge in [0, 0.05) is 11.6 Å². The Bertz CT molecular complexity index is 1720. The smallest absolute Gasteiger partial charge is 0.266 e. The zero-order chi connectivity index (χ0) is 23.9. The van der Waals surface area contributed by atoms with Crippen LogP contribution in [0.5, 0.6) is 5.75 Å². The standard InChI is InChI=1S/C24H17N7O3S/c1-33-15-4-2-3-14(10-15)31-23-16(11-27-31)22(30-24(32)19-7-8-20(25)35-19)28-21(29-23)13-5-6-17-18(9-13)34-12-26-17/h2-12H,25H2,1H3,(H,28,29,30,32). The van der Waals surface area contributed by atoms with Gasteiger partial charge < -0.3 is 20.2 Å². The Kier molecular flexibility index (Phi) is 4.89. The molecule has 0 aliphatic heterocycles. The Morgan fingerprint density at radius 2 is 2.06 bits per heavy atom. The van der Waals surface area contributed by atoms with Crippen molar-refractivity contribution < 1.29 is 13.9 Å². The number of hydrogen-bond acceptors (Lipinski definition) is 9. The van der Waals surface area contributed by atoms with Gasteiger partial charge in [0.05, 0.1) is 34.3 Å². The Balaban J connectivity index is 1.53. The molecule has 3 N–H and O–H groups in total. The second-order valence-electron chi connectivity index (χ2n) is 7.58. The van der Waals surface area contributed by atoms with E-state index in [4.69, 9.17) is 19.9 Å². The van der Waals surface area contributed by atoms with Crippen LogP contribution >= 0.6 is 11.3 Å². The third-order valence-electron chi connectivity index (χ3n) is 5.40. The third kappa shape index (κ3) is 3.73. The van der Waals surface area contributed by atoms with Crippen LogP contribution in [-0.2, 0) is 0 Å². The number of carbonyl (C=O) groups is 1. The van der Waals surface area contributed by atoms with Crippen LogP contribution in [0, 0.1) is 0 Å². The molecular formula is C24H17N7O3S. The van der Waals surface area contributed by atoms with Gasteiger partial charge in [0.1, 0.15) is 17.1 Å². The fraction of sp³-hybridized carbons (Fsp3) is 0.0417. The average Bonchev–Trinajstić information content (AvgIpc) is 3.63. The number of anilines is 2. The van der Waals surface area contributed by atoms with E-state index in [1.54, 1.807) is 36.2 Å². The number of thiophene rings is 1. The zero-order valence-corrected chi connectivity index (χ0v) is 19.1. The van der Waals surface area contributed by atoms with Crippen LogP contribution in [0.25, 0.3) is 39.2 Å². The molecule has 10 nitrogen and oxygen atoms in total. The van der Waals surface area contributed by atoms with E-state index in [1.165, 1.54) is 17.7 Å². The van der Waals surface area contributed by atoms with Gasteiger partial charge in [-0.05, 0) is 42.5 Å². The highest BCUT2D eigenvalue weighted by molar-refractivity contribution is 7.17. The summed E-state index contributed by atoms with van der Waals surface area (Å²) in [5, 5.41) is 8.55. The number of benzene rings is 2. The van der Waals surface area contributed by atoms with Crippen LogP contribution in [0.3, 0.4) is 0 Å². The minimum absolute atomic E-state index is 0.322. The molecule has 0 radical (unpaired) electrons. The molecule has 4 aromatic heterocycles. The summed E-state index contributed by atoms with van der Waals surface area (Å²) in [6.07, 6.45) is 3.01. The van der Waals surface area contributed by atoms with Crippen molar-refractivity contribution in [2.75, 3.05) is 18.2 Å². The van der Waals surface area contributed by atoms with Crippen molar-refractivity contribution in [3.05, 3.63) is 72.1 Å². The highest BCUT2D eigenvalue weighted by atomic mass is 32.1. The maximum Gasteiger partial charge on any atom is 0.266 e. The zero-order valence-electron chi connectivity index (χ0n) is 18.3. The lowest BCUT2D eigenvalue weighted by Gasteiger charge is -2.09. The van der Waals surface area contributed by atoms with E-state index in [-0.39, 0.29) is 5.91 Å². The second kappa shape index (κ2) is 8.22. The first-order valence-corrected chi connectivity index (χ1v) is 11.3. The van der Waals surface area contributed by atoms with Crippen LogP contribution in [0.4, 0.5) is 10.8 Å². The first kappa shape index (κ1) is 20.8. The topological polar surface area (TPSA) is 134 Å². The van der Waals surface area contributed by atoms with Gasteiger partial charge in [-0.2, -0.15) is 5.10 Å². The molecule has 6 aromatic rings. The molecule has 2 aromatic carbocycles. The molecule has 0 aliphatic carbocycles. The molecule has 1 amide bonds. The molecule has 4 heterocycles. The molecule has 0 saturated heterocycles. The van der Waals surface area contributed by atoms with Crippen molar-refractivity contribution in [2.24, 2.45) is 0 Å². The molecule has 11 heteroatoms. The molecule has 0 fully saturated rings. The van der Waals surface area contributed by atoms with Gasteiger partial charge in [-0.15, -0.1) is 11.3 Å². The predicted octanol–water partition coefficient (Wildman–Crippen LogP) is 4.53. The van der Waals surface area contributed by atoms with E-state index < -0.39 is 0 Å². The van der Waals surface area contributed by atoms with Gasteiger partial charge in [-0.1, -0.05) is 6.07 Å². The summed E-state index contributed by atoms with van der Waals surface area (Å²) in [4.78, 5) is 27.0. The number of oxazole rings is 1. The van der Waals surface area contributed by atoms with Crippen LogP contribution in [-0.4, -0.2) is 37.7 Å². The summed E-state index contributed by atoms with van der Waals surface area (Å²) >= 11 is 1.20. The second-order valence-corrected chi connectivity index (χ2v) is 8.70. The van der Waals surface area contributed by atoms with Gasteiger partial charge in [0.2, 0.25) is 0 Å². The number of aromatic nitrogens is 5. The third-order valence-corrected chi connectivity index (χ3v) is 6.31. The van der Waals surface area contributed by atoms with Crippen molar-refractivity contribution >= 4 is 50.2 Å². The minimum atomic E-state index is -0.322. The predicted molar refractivity (Wildman–Crippen MR) is 133 cm³/mol. The summed E-state index contributed by atoms with van der Waals surface area (Å²) in [6.45, 7) is 0. The lowest BCUT2D eigenvalue weighted by atomic mass is 10.2. The van der Waals surface area contributed by atoms with Crippen molar-refractivity contribution in [2.45, 2.75) is 0 Å². The fourth-order valence-electron chi connectivity index (χ4n) is 3.70. The largest absolute Gasteiger partial charge is 0.497 e. The number of rotatable bonds is 5. The number of carbonyl (C=O) groups excluding carboxylic acids is 1. The molecule has 0 atom stereocenters. The van der Waals surface area contributed by atoms with E-state index in [9.17, 15) is 4.79 Å². The molecule has 0 bridgehead atoms. The van der Waals surface area contributed by atoms with E-state index in [0.29, 0.717) is 49.4 Å². The molecule has 0 saturated carbocycles. The van der Waals surface area contributed by atoms with Gasteiger partial charge in [0.15, 0.2) is 23.4 Å². The molecule has 0 unspecified atom stereocenters. The van der Waals surface area contributed by atoms with Crippen molar-refractivity contribution in [1.29, 1.82) is 0 Å². The van der Waals surface area contributed by atoms with E-state index >= 15 is 0 Å². The van der Waals surface area contributed by atoms with Gasteiger partial charge in [-0.25, -0.2) is 19.6 Å². The number of nitrogen functional groups attached to an aromatic ring is 1. The summed E-state index contributed by atoms with van der Waals surface area (Å²) < 4.78 is 12.5. The summed E-state index contributed by atoms with van der Waals surface area (Å²) in [7, 11) is 1.60. The lowest BCUT2D eigenvalue weighted by Crippen LogP contribution is -2.12. The minimum Gasteiger partial charge on any atom is -0.497 e. The number of nitrogens with zero attached hydrogens (tertiary/aromatic N) is 5. The summed E-state index contributed by atoms with van der Waals surface area (Å²) in [6, 6.07) is 16.3. The van der Waals surface area contributed by atoms with Crippen molar-refractivity contribution in [1.82, 2.24) is 24.7 Å². The lowest BCUT2D eigenvalue weighted by molar-refractivity contribution is 0.103. The quantitative estimate of drug-likeness (QED) is 0.365. The number of nitrogens with one attached hydrogen (secondary N) is 1. The monoisotopic (exact) mass is 483 g/mol. The summed E-state index contributed by atoms with van der Waals surface area (Å²) in [5.74, 6) is 1.08. The number of fused-ring (bicyclic) bond motifs is 2. The Morgan fingerprint density at radius 3 is 2.89 bits per heavy atom. The SMILES string of the molecule is COc1cccc(-n2ncc3c(NC(=O)c4ccc(N)s4)nc(-c4ccc5ncoc5c4)nc32)c1. The average molecular weight is 484 g/mol. The molecule has 35 heavy (non-hydrogen) atoms. The molecule has 172 valence electrons. The van der Waals surface area contributed by atoms with Crippen molar-refractivity contribution in [3.63, 3.8) is 0 Å². The Morgan fingerprint density at radius 1 is 1.14 bits per heavy atom. The number of ether oxygens (including phenoxy) is 1. The van der Waals surface area contributed by atoms with Crippen LogP contribution in [0.2, 0.25) is 0 Å². The van der Waals surface area contributed by atoms with Crippen LogP contribution in [0.1, 0.15) is 9.67 Å². The molecule has 0 aliphatic rings. The van der Waals surface area contributed by atoms with E-state index in [2.05, 4.69) is 20.4 Å². The maximum atomic E-state index is 12.9. The number of methoxy groups -OCH3 is 1. The molecule has 0 spiro atoms. The maximum absolute atomic E-state index is 12.9. The van der Waals surface area contributed by atoms with Crippen LogP contribution < -0.4 is 15.8 Å². The van der Waals surface area contributed by atoms with E-state index in [0.717, 1.165) is 11.2 Å². The highest BCUT2D eigenvalue weighted by Crippen LogP contribution is 2.30. The highest BCUT2D eigenvalue weighted by Gasteiger charge is 2.19. The van der Waals surface area contributed by atoms with Gasteiger partial charge in [0.25, 0.3) is 5.91 Å². The van der Waals surface area contributed by atoms with Crippen molar-refractivity contribution in [3.8, 4) is 22.8 Å². The van der Waals surface area contributed by atoms with E-state index in [1.807, 2.05) is 36.4 Å². The molecule has 6 rings (SSSR count). The van der Waals surface area contributed by atoms with Crippen LogP contribution in [0.15, 0.2) is 71.6 Å². The molecular weight excluding hydrogens is 466 g/mol. The summed E-state index contributed by atoms with van der Waals surface area (Å²) in [5.41, 5.74) is 9.09. The Labute approximate surface area is 202 Å². The number of nitrogens with two attached hydrogens (primary N) is 1. The normalized spacial score (nSPS) is 11.2. The van der Waals surface area contributed by atoms with Gasteiger partial charge >= 0.3 is 0 Å². The fourth-order valence-corrected chi connectivity index (χ4v) is 4.37. The first-order valence-electron chi connectivity index (χ1n) is 10.5. The number of hydrogen-bond donors (Lipinski definition) is 2. The first-order chi connectivity index (χ1) is 17.1. The Hall–Kier alpha value is -4.77.